The Balaban J connectivity index is 2.96. The summed E-state index contributed by atoms with van der Waals surface area (Å²) >= 11 is 0. The molecule has 0 aromatic heterocycles. The highest BCUT2D eigenvalue weighted by atomic mass is 32.2. The van der Waals surface area contributed by atoms with Gasteiger partial charge in [-0.25, -0.2) is 0 Å². The van der Waals surface area contributed by atoms with E-state index >= 15 is 0 Å². The minimum absolute atomic E-state index is 0.000466. The van der Waals surface area contributed by atoms with E-state index in [1.807, 2.05) is 6.92 Å². The topological polar surface area (TPSA) is 78.9 Å². The van der Waals surface area contributed by atoms with Crippen molar-refractivity contribution in [1.29, 1.82) is 0 Å². The molecule has 0 bridgehead atoms. The van der Waals surface area contributed by atoms with Gasteiger partial charge in [-0.15, -0.1) is 0 Å². The Kier molecular flexibility index (Phi) is 6.56. The number of hydrogen-bond donors (Lipinski definition) is 0. The Bertz CT molecular complexity index is 586. The van der Waals surface area contributed by atoms with Crippen molar-refractivity contribution in [2.45, 2.75) is 38.4 Å². The fraction of sp³-hybridized carbons (Fsp3) is 0.538. The lowest BCUT2D eigenvalue weighted by atomic mass is 10.2. The number of aryl methyl sites for hydroxylation is 1. The highest BCUT2D eigenvalue weighted by Crippen LogP contribution is 2.53. The van der Waals surface area contributed by atoms with E-state index < -0.39 is 23.6 Å². The molecule has 1 atom stereocenters. The van der Waals surface area contributed by atoms with Gasteiger partial charge in [-0.2, -0.15) is 8.42 Å². The Labute approximate surface area is 126 Å². The number of hydrogen-bond acceptors (Lipinski definition) is 6. The van der Waals surface area contributed by atoms with Gasteiger partial charge < -0.3 is 9.05 Å². The van der Waals surface area contributed by atoms with E-state index in [4.69, 9.17) is 13.2 Å². The van der Waals surface area contributed by atoms with Gasteiger partial charge in [0.1, 0.15) is 0 Å². The van der Waals surface area contributed by atoms with Gasteiger partial charge in [0.15, 0.2) is 5.85 Å². The molecule has 0 saturated carbocycles. The average molecular weight is 336 g/mol. The predicted octanol–water partition coefficient (Wildman–Crippen LogP) is 3.31. The lowest BCUT2D eigenvalue weighted by Crippen LogP contribution is -2.18. The Morgan fingerprint density at radius 2 is 1.57 bits per heavy atom. The third-order valence-electron chi connectivity index (χ3n) is 2.64. The third kappa shape index (κ3) is 4.90. The Morgan fingerprint density at radius 1 is 1.10 bits per heavy atom. The number of rotatable bonds is 8. The summed E-state index contributed by atoms with van der Waals surface area (Å²) in [5, 5.41) is 0. The van der Waals surface area contributed by atoms with Gasteiger partial charge in [-0.1, -0.05) is 17.7 Å². The highest BCUT2D eigenvalue weighted by molar-refractivity contribution is 7.87. The third-order valence-corrected chi connectivity index (χ3v) is 6.41. The van der Waals surface area contributed by atoms with Crippen LogP contribution in [0.15, 0.2) is 29.2 Å². The minimum Gasteiger partial charge on any atom is -0.307 e. The van der Waals surface area contributed by atoms with Crippen LogP contribution in [0.4, 0.5) is 0 Å². The molecule has 6 nitrogen and oxygen atoms in total. The molecule has 120 valence electrons. The molecule has 0 fully saturated rings. The second-order valence-corrected chi connectivity index (χ2v) is 8.23. The summed E-state index contributed by atoms with van der Waals surface area (Å²) in [6.07, 6.45) is 0. The molecule has 0 amide bonds. The van der Waals surface area contributed by atoms with Crippen LogP contribution >= 0.6 is 7.60 Å². The van der Waals surface area contributed by atoms with Crippen molar-refractivity contribution >= 4 is 17.7 Å². The molecule has 0 aliphatic carbocycles. The standard InChI is InChI=1S/C13H21O6PS/c1-5-17-20(14,18-6-2)12(4)19-21(15,16)13-9-7-11(3)8-10-13/h7-10,12H,5-6H2,1-4H3. The molecule has 0 aliphatic heterocycles. The van der Waals surface area contributed by atoms with Gasteiger partial charge in [0, 0.05) is 0 Å². The lowest BCUT2D eigenvalue weighted by molar-refractivity contribution is 0.170. The van der Waals surface area contributed by atoms with Crippen LogP contribution in [0.25, 0.3) is 0 Å². The lowest BCUT2D eigenvalue weighted by Gasteiger charge is -2.22. The molecule has 0 N–H and O–H groups in total. The minimum atomic E-state index is -4.03. The van der Waals surface area contributed by atoms with Gasteiger partial charge >= 0.3 is 7.60 Å². The highest BCUT2D eigenvalue weighted by Gasteiger charge is 2.36. The van der Waals surface area contributed by atoms with Gasteiger partial charge in [0.2, 0.25) is 0 Å². The van der Waals surface area contributed by atoms with Crippen LogP contribution in [-0.4, -0.2) is 27.5 Å². The molecule has 0 aliphatic rings. The van der Waals surface area contributed by atoms with Crippen molar-refractivity contribution in [3.8, 4) is 0 Å². The molecule has 1 rings (SSSR count). The molecule has 0 radical (unpaired) electrons. The van der Waals surface area contributed by atoms with Gasteiger partial charge in [0.25, 0.3) is 10.1 Å². The quantitative estimate of drug-likeness (QED) is 0.535. The molecule has 0 heterocycles. The van der Waals surface area contributed by atoms with E-state index in [1.165, 1.54) is 19.1 Å². The SMILES string of the molecule is CCOP(=O)(OCC)C(C)OS(=O)(=O)c1ccc(C)cc1. The Morgan fingerprint density at radius 3 is 2.00 bits per heavy atom. The first-order valence-electron chi connectivity index (χ1n) is 6.64. The fourth-order valence-corrected chi connectivity index (χ4v) is 4.53. The molecule has 1 unspecified atom stereocenters. The van der Waals surface area contributed by atoms with Crippen LogP contribution in [0.1, 0.15) is 26.3 Å². The van der Waals surface area contributed by atoms with E-state index in [1.54, 1.807) is 26.0 Å². The maximum atomic E-state index is 12.4. The normalized spacial score (nSPS) is 14.1. The molecule has 1 aromatic carbocycles. The molecule has 8 heteroatoms. The van der Waals surface area contributed by atoms with Crippen molar-refractivity contribution < 1.29 is 26.2 Å². The van der Waals surface area contributed by atoms with E-state index in [0.29, 0.717) is 0 Å². The zero-order valence-corrected chi connectivity index (χ0v) is 14.3. The van der Waals surface area contributed by atoms with Gasteiger partial charge in [-0.05, 0) is 39.8 Å². The smallest absolute Gasteiger partial charge is 0.307 e. The summed E-state index contributed by atoms with van der Waals surface area (Å²) in [6.45, 7) is 6.76. The van der Waals surface area contributed by atoms with Gasteiger partial charge in [0.05, 0.1) is 18.1 Å². The van der Waals surface area contributed by atoms with Crippen molar-refractivity contribution in [3.05, 3.63) is 29.8 Å². The molecular formula is C13H21O6PS. The summed E-state index contributed by atoms with van der Waals surface area (Å²) in [7, 11) is -7.67. The fourth-order valence-electron chi connectivity index (χ4n) is 1.60. The van der Waals surface area contributed by atoms with Crippen LogP contribution < -0.4 is 0 Å². The molecule has 0 spiro atoms. The molecule has 0 saturated heterocycles. The van der Waals surface area contributed by atoms with Crippen molar-refractivity contribution in [2.24, 2.45) is 0 Å². The van der Waals surface area contributed by atoms with E-state index in [-0.39, 0.29) is 18.1 Å². The second-order valence-electron chi connectivity index (χ2n) is 4.34. The monoisotopic (exact) mass is 336 g/mol. The van der Waals surface area contributed by atoms with E-state index in [9.17, 15) is 13.0 Å². The largest absolute Gasteiger partial charge is 0.360 e. The maximum absolute atomic E-state index is 12.4. The van der Waals surface area contributed by atoms with Crippen molar-refractivity contribution in [1.82, 2.24) is 0 Å². The summed E-state index contributed by atoms with van der Waals surface area (Å²) in [6, 6.07) is 6.19. The Hall–Kier alpha value is -0.720. The van der Waals surface area contributed by atoms with Crippen LogP contribution in [-0.2, 0) is 27.9 Å². The number of benzene rings is 1. The van der Waals surface area contributed by atoms with E-state index in [2.05, 4.69) is 0 Å². The van der Waals surface area contributed by atoms with Crippen molar-refractivity contribution in [3.63, 3.8) is 0 Å². The first kappa shape index (κ1) is 18.3. The zero-order chi connectivity index (χ0) is 16.1. The van der Waals surface area contributed by atoms with E-state index in [0.717, 1.165) is 5.56 Å². The first-order valence-corrected chi connectivity index (χ1v) is 9.66. The molecule has 21 heavy (non-hydrogen) atoms. The summed E-state index contributed by atoms with van der Waals surface area (Å²) in [4.78, 5) is -0.000466. The molecule has 1 aromatic rings. The van der Waals surface area contributed by atoms with Crippen LogP contribution in [0, 0.1) is 6.92 Å². The second kappa shape index (κ2) is 7.51. The first-order chi connectivity index (χ1) is 9.75. The summed E-state index contributed by atoms with van der Waals surface area (Å²) in [5.41, 5.74) is 0.927. The zero-order valence-electron chi connectivity index (χ0n) is 12.6. The maximum Gasteiger partial charge on any atom is 0.360 e. The predicted molar refractivity (Wildman–Crippen MR) is 79.8 cm³/mol. The van der Waals surface area contributed by atoms with Crippen LogP contribution in [0.3, 0.4) is 0 Å². The van der Waals surface area contributed by atoms with Crippen LogP contribution in [0.5, 0.6) is 0 Å². The van der Waals surface area contributed by atoms with Crippen LogP contribution in [0.2, 0.25) is 0 Å². The summed E-state index contributed by atoms with van der Waals surface area (Å²) < 4.78 is 51.9. The summed E-state index contributed by atoms with van der Waals surface area (Å²) in [5.74, 6) is -1.22. The molecular weight excluding hydrogens is 315 g/mol. The van der Waals surface area contributed by atoms with Gasteiger partial charge in [-0.3, -0.25) is 8.75 Å². The van der Waals surface area contributed by atoms with Crippen molar-refractivity contribution in [2.75, 3.05) is 13.2 Å². The average Bonchev–Trinajstić information content (AvgIpc) is 2.39.